The second-order valence-corrected chi connectivity index (χ2v) is 8.21. The van der Waals surface area contributed by atoms with Crippen LogP contribution in [0.25, 0.3) is 0 Å². The summed E-state index contributed by atoms with van der Waals surface area (Å²) in [6.45, 7) is 5.34. The van der Waals surface area contributed by atoms with Gasteiger partial charge in [-0.1, -0.05) is 0 Å². The van der Waals surface area contributed by atoms with E-state index in [1.165, 1.54) is 45.1 Å². The van der Waals surface area contributed by atoms with Crippen molar-refractivity contribution in [1.29, 1.82) is 0 Å². The molecule has 14 heavy (non-hydrogen) atoms. The van der Waals surface area contributed by atoms with Crippen LogP contribution in [0.5, 0.6) is 0 Å². The van der Waals surface area contributed by atoms with E-state index < -0.39 is 0 Å². The first-order valence-corrected chi connectivity index (χ1v) is 9.46. The summed E-state index contributed by atoms with van der Waals surface area (Å²) in [6, 6.07) is 0. The minimum atomic E-state index is 0.769. The summed E-state index contributed by atoms with van der Waals surface area (Å²) in [5.41, 5.74) is 0. The fourth-order valence-electron chi connectivity index (χ4n) is 2.00. The first-order chi connectivity index (χ1) is 6.84. The number of hydrogen-bond donors (Lipinski definition) is 0. The Morgan fingerprint density at radius 1 is 1.29 bits per heavy atom. The molecule has 1 saturated heterocycles. The minimum absolute atomic E-state index is 0.769. The van der Waals surface area contributed by atoms with Crippen molar-refractivity contribution in [2.75, 3.05) is 19.9 Å². The molecule has 1 aliphatic rings. The molecular weight excluding hydrogens is 277 g/mol. The standard InChI is InChI=1S/C11H22NO.In.2H/c1-2-3-4-5-6-7-8-12-9-10-13-11-12;;;/h8H,2-7,9-11H2,1H3;;;. The average molecular weight is 301 g/mol. The van der Waals surface area contributed by atoms with Gasteiger partial charge in [-0.3, -0.25) is 0 Å². The van der Waals surface area contributed by atoms with Crippen LogP contribution in [-0.2, 0) is 4.74 Å². The van der Waals surface area contributed by atoms with Crippen molar-refractivity contribution < 1.29 is 4.74 Å². The SMILES string of the molecule is CCCCCCC[CH]([InH2])N1CCOC1. The Bertz CT molecular complexity index is 137. The summed E-state index contributed by atoms with van der Waals surface area (Å²) >= 11 is 0.769. The van der Waals surface area contributed by atoms with E-state index in [1.54, 1.807) is 0 Å². The Kier molecular flexibility index (Phi) is 7.35. The van der Waals surface area contributed by atoms with Gasteiger partial charge in [-0.2, -0.15) is 0 Å². The quantitative estimate of drug-likeness (QED) is 0.662. The molecule has 1 heterocycles. The number of rotatable bonds is 7. The topological polar surface area (TPSA) is 12.5 Å². The van der Waals surface area contributed by atoms with E-state index >= 15 is 0 Å². The van der Waals surface area contributed by atoms with Gasteiger partial charge < -0.3 is 0 Å². The molecule has 0 saturated carbocycles. The van der Waals surface area contributed by atoms with Gasteiger partial charge in [0, 0.05) is 0 Å². The third kappa shape index (κ3) is 5.04. The Balaban J connectivity index is 1.94. The van der Waals surface area contributed by atoms with Gasteiger partial charge in [-0.15, -0.1) is 0 Å². The monoisotopic (exact) mass is 301 g/mol. The fourth-order valence-corrected chi connectivity index (χ4v) is 4.33. The molecule has 0 bridgehead atoms. The normalized spacial score (nSPS) is 20.1. The van der Waals surface area contributed by atoms with E-state index in [1.807, 2.05) is 0 Å². The van der Waals surface area contributed by atoms with Crippen LogP contribution in [0.3, 0.4) is 0 Å². The zero-order chi connectivity index (χ0) is 10.2. The van der Waals surface area contributed by atoms with Gasteiger partial charge in [0.25, 0.3) is 0 Å². The maximum atomic E-state index is 5.38. The van der Waals surface area contributed by atoms with Crippen LogP contribution < -0.4 is 0 Å². The Labute approximate surface area is 103 Å². The molecular formula is C11H24InNO. The van der Waals surface area contributed by atoms with Gasteiger partial charge in [0.1, 0.15) is 0 Å². The van der Waals surface area contributed by atoms with Crippen LogP contribution in [0.2, 0.25) is 0 Å². The molecule has 1 unspecified atom stereocenters. The van der Waals surface area contributed by atoms with Crippen molar-refractivity contribution in [3.63, 3.8) is 0 Å². The number of ether oxygens (including phenoxy) is 1. The zero-order valence-electron chi connectivity index (χ0n) is 9.80. The maximum absolute atomic E-state index is 5.38. The van der Waals surface area contributed by atoms with Crippen LogP contribution in [0.1, 0.15) is 45.4 Å². The third-order valence-electron chi connectivity index (χ3n) is 3.13. The third-order valence-corrected chi connectivity index (χ3v) is 6.86. The van der Waals surface area contributed by atoms with E-state index in [4.69, 9.17) is 4.74 Å². The molecule has 2 nitrogen and oxygen atoms in total. The van der Waals surface area contributed by atoms with E-state index in [-0.39, 0.29) is 0 Å². The van der Waals surface area contributed by atoms with Gasteiger partial charge in [-0.25, -0.2) is 0 Å². The van der Waals surface area contributed by atoms with Crippen LogP contribution in [0.15, 0.2) is 0 Å². The Morgan fingerprint density at radius 3 is 2.71 bits per heavy atom. The second kappa shape index (κ2) is 8.00. The summed E-state index contributed by atoms with van der Waals surface area (Å²) in [6.07, 6.45) is 8.53. The summed E-state index contributed by atoms with van der Waals surface area (Å²) in [5.74, 6) is 0. The van der Waals surface area contributed by atoms with Gasteiger partial charge in [0.2, 0.25) is 0 Å². The molecule has 1 atom stereocenters. The molecule has 1 rings (SSSR count). The van der Waals surface area contributed by atoms with Crippen molar-refractivity contribution in [3.05, 3.63) is 0 Å². The fraction of sp³-hybridized carbons (Fsp3) is 1.00. The number of hydrogen-bond acceptors (Lipinski definition) is 2. The molecule has 0 spiro atoms. The van der Waals surface area contributed by atoms with E-state index in [0.29, 0.717) is 0 Å². The molecule has 0 aromatic carbocycles. The summed E-state index contributed by atoms with van der Waals surface area (Å²) < 4.78 is 6.31. The predicted molar refractivity (Wildman–Crippen MR) is 63.2 cm³/mol. The Morgan fingerprint density at radius 2 is 2.07 bits per heavy atom. The molecule has 82 valence electrons. The van der Waals surface area contributed by atoms with Crippen molar-refractivity contribution >= 4 is 24.4 Å². The summed E-state index contributed by atoms with van der Waals surface area (Å²) in [5, 5.41) is 0. The molecule has 3 heteroatoms. The van der Waals surface area contributed by atoms with Gasteiger partial charge >= 0.3 is 103 Å². The van der Waals surface area contributed by atoms with E-state index in [2.05, 4.69) is 11.8 Å². The zero-order valence-corrected chi connectivity index (χ0v) is 15.5. The van der Waals surface area contributed by atoms with Crippen molar-refractivity contribution in [3.8, 4) is 0 Å². The Hall–Kier alpha value is 0.790. The second-order valence-electron chi connectivity index (χ2n) is 4.40. The van der Waals surface area contributed by atoms with Gasteiger partial charge in [0.15, 0.2) is 0 Å². The average Bonchev–Trinajstić information content (AvgIpc) is 2.70. The van der Waals surface area contributed by atoms with Crippen molar-refractivity contribution in [2.24, 2.45) is 0 Å². The van der Waals surface area contributed by atoms with Gasteiger partial charge in [-0.05, 0) is 0 Å². The first-order valence-electron chi connectivity index (χ1n) is 6.16. The molecule has 0 aromatic heterocycles. The molecule has 0 aliphatic carbocycles. The predicted octanol–water partition coefficient (Wildman–Crippen LogP) is 1.60. The summed E-state index contributed by atoms with van der Waals surface area (Å²) in [7, 11) is 0. The van der Waals surface area contributed by atoms with E-state index in [9.17, 15) is 0 Å². The molecule has 0 amide bonds. The molecule has 1 aliphatic heterocycles. The molecule has 0 N–H and O–H groups in total. The first kappa shape index (κ1) is 12.9. The van der Waals surface area contributed by atoms with E-state index in [0.717, 1.165) is 41.5 Å². The van der Waals surface area contributed by atoms with Crippen LogP contribution >= 0.6 is 0 Å². The van der Waals surface area contributed by atoms with Crippen LogP contribution in [-0.4, -0.2) is 53.0 Å². The van der Waals surface area contributed by atoms with Crippen LogP contribution in [0, 0.1) is 0 Å². The molecule has 0 aromatic rings. The van der Waals surface area contributed by atoms with Crippen molar-refractivity contribution in [1.82, 2.24) is 4.90 Å². The molecule has 1 fully saturated rings. The summed E-state index contributed by atoms with van der Waals surface area (Å²) in [4.78, 5) is 2.54. The number of unbranched alkanes of at least 4 members (excludes halogenated alkanes) is 4. The van der Waals surface area contributed by atoms with Crippen LogP contribution in [0.4, 0.5) is 0 Å². The van der Waals surface area contributed by atoms with Gasteiger partial charge in [0.05, 0.1) is 0 Å². The number of nitrogens with zero attached hydrogens (tertiary/aromatic N) is 1. The molecule has 0 radical (unpaired) electrons. The van der Waals surface area contributed by atoms with Crippen molar-refractivity contribution in [2.45, 2.75) is 49.2 Å².